The molecule has 1 aliphatic heterocycles. The molecule has 21 heavy (non-hydrogen) atoms. The fourth-order valence-electron chi connectivity index (χ4n) is 3.78. The molecule has 118 valence electrons. The van der Waals surface area contributed by atoms with E-state index in [2.05, 4.69) is 29.0 Å². The Kier molecular flexibility index (Phi) is 4.96. The first-order valence-electron chi connectivity index (χ1n) is 8.67. The molecule has 1 saturated carbocycles. The molecule has 0 radical (unpaired) electrons. The maximum absolute atomic E-state index is 5.79. The van der Waals surface area contributed by atoms with Crippen LogP contribution in [0.4, 0.5) is 0 Å². The van der Waals surface area contributed by atoms with Crippen molar-refractivity contribution in [2.24, 2.45) is 5.92 Å². The number of hydrogen-bond acceptors (Lipinski definition) is 4. The molecule has 2 atom stereocenters. The van der Waals surface area contributed by atoms with Crippen LogP contribution < -0.4 is 5.32 Å². The molecule has 1 saturated heterocycles. The first kappa shape index (κ1) is 15.0. The van der Waals surface area contributed by atoms with Crippen LogP contribution in [0, 0.1) is 5.92 Å². The van der Waals surface area contributed by atoms with Crippen molar-refractivity contribution in [3.8, 4) is 0 Å². The van der Waals surface area contributed by atoms with E-state index in [-0.39, 0.29) is 0 Å². The van der Waals surface area contributed by atoms with Crippen molar-refractivity contribution in [2.75, 3.05) is 13.1 Å². The van der Waals surface area contributed by atoms with Crippen molar-refractivity contribution in [1.29, 1.82) is 0 Å². The zero-order valence-electron chi connectivity index (χ0n) is 13.5. The summed E-state index contributed by atoms with van der Waals surface area (Å²) in [6, 6.07) is 1.21. The van der Waals surface area contributed by atoms with Crippen LogP contribution in [0.1, 0.15) is 57.6 Å². The van der Waals surface area contributed by atoms with E-state index in [0.29, 0.717) is 12.1 Å². The quantitative estimate of drug-likeness (QED) is 0.926. The van der Waals surface area contributed by atoms with Gasteiger partial charge in [0.1, 0.15) is 5.76 Å². The molecule has 1 aromatic rings. The lowest BCUT2D eigenvalue weighted by molar-refractivity contribution is 0.0898. The van der Waals surface area contributed by atoms with E-state index in [9.17, 15) is 0 Å². The van der Waals surface area contributed by atoms with Gasteiger partial charge in [0.2, 0.25) is 5.89 Å². The molecular weight excluding hydrogens is 262 g/mol. The topological polar surface area (TPSA) is 41.3 Å². The van der Waals surface area contributed by atoms with Gasteiger partial charge in [0.25, 0.3) is 0 Å². The molecule has 0 spiro atoms. The molecule has 1 aromatic heterocycles. The second kappa shape index (κ2) is 6.93. The average Bonchev–Trinajstić information content (AvgIpc) is 2.98. The number of hydrogen-bond donors (Lipinski definition) is 1. The van der Waals surface area contributed by atoms with E-state index in [1.165, 1.54) is 32.1 Å². The molecule has 0 bridgehead atoms. The summed E-state index contributed by atoms with van der Waals surface area (Å²) < 4.78 is 5.79. The van der Waals surface area contributed by atoms with Crippen molar-refractivity contribution in [3.63, 3.8) is 0 Å². The van der Waals surface area contributed by atoms with Gasteiger partial charge in [-0.15, -0.1) is 0 Å². The van der Waals surface area contributed by atoms with E-state index in [4.69, 9.17) is 4.42 Å². The maximum atomic E-state index is 5.79. The van der Waals surface area contributed by atoms with Gasteiger partial charge in [0.05, 0.1) is 12.7 Å². The SMILES string of the molecule is CCc1cnc(CN2CC(C3CCCCC3)NCC2C)o1. The van der Waals surface area contributed by atoms with E-state index in [0.717, 1.165) is 43.6 Å². The van der Waals surface area contributed by atoms with E-state index in [1.807, 2.05) is 6.20 Å². The van der Waals surface area contributed by atoms with Crippen molar-refractivity contribution in [3.05, 3.63) is 17.8 Å². The lowest BCUT2D eigenvalue weighted by Gasteiger charge is -2.42. The van der Waals surface area contributed by atoms with Crippen molar-refractivity contribution < 1.29 is 4.42 Å². The average molecular weight is 291 g/mol. The monoisotopic (exact) mass is 291 g/mol. The normalized spacial score (nSPS) is 28.9. The van der Waals surface area contributed by atoms with Gasteiger partial charge in [-0.25, -0.2) is 4.98 Å². The third kappa shape index (κ3) is 3.67. The molecular formula is C17H29N3O. The number of piperazine rings is 1. The number of nitrogens with zero attached hydrogens (tertiary/aromatic N) is 2. The van der Waals surface area contributed by atoms with Crippen LogP contribution in [-0.2, 0) is 13.0 Å². The minimum absolute atomic E-state index is 0.557. The Labute approximate surface area is 128 Å². The third-order valence-corrected chi connectivity index (χ3v) is 5.24. The summed E-state index contributed by atoms with van der Waals surface area (Å²) in [4.78, 5) is 6.97. The molecule has 4 nitrogen and oxygen atoms in total. The van der Waals surface area contributed by atoms with Crippen LogP contribution in [0.5, 0.6) is 0 Å². The van der Waals surface area contributed by atoms with Crippen molar-refractivity contribution >= 4 is 0 Å². The number of aryl methyl sites for hydroxylation is 1. The Balaban J connectivity index is 1.60. The fraction of sp³-hybridized carbons (Fsp3) is 0.824. The number of nitrogens with one attached hydrogen (secondary N) is 1. The highest BCUT2D eigenvalue weighted by atomic mass is 16.4. The number of rotatable bonds is 4. The van der Waals surface area contributed by atoms with Gasteiger partial charge < -0.3 is 9.73 Å². The first-order valence-corrected chi connectivity index (χ1v) is 8.67. The molecule has 2 heterocycles. The van der Waals surface area contributed by atoms with E-state index < -0.39 is 0 Å². The third-order valence-electron chi connectivity index (χ3n) is 5.24. The first-order chi connectivity index (χ1) is 10.3. The van der Waals surface area contributed by atoms with Gasteiger partial charge in [0, 0.05) is 31.6 Å². The number of aromatic nitrogens is 1. The molecule has 0 aromatic carbocycles. The standard InChI is InChI=1S/C17H29N3O/c1-3-15-10-19-17(21-15)12-20-11-16(18-9-13(20)2)14-7-5-4-6-8-14/h10,13-14,16,18H,3-9,11-12H2,1-2H3. The van der Waals surface area contributed by atoms with Crippen LogP contribution in [0.15, 0.2) is 10.6 Å². The minimum Gasteiger partial charge on any atom is -0.444 e. The largest absolute Gasteiger partial charge is 0.444 e. The molecule has 3 rings (SSSR count). The lowest BCUT2D eigenvalue weighted by Crippen LogP contribution is -2.57. The summed E-state index contributed by atoms with van der Waals surface area (Å²) in [7, 11) is 0. The maximum Gasteiger partial charge on any atom is 0.208 e. The number of oxazole rings is 1. The Morgan fingerprint density at radius 1 is 1.33 bits per heavy atom. The predicted octanol–water partition coefficient (Wildman–Crippen LogP) is 2.98. The molecule has 2 fully saturated rings. The van der Waals surface area contributed by atoms with Crippen LogP contribution >= 0.6 is 0 Å². The Bertz CT molecular complexity index is 439. The van der Waals surface area contributed by atoms with Crippen LogP contribution in [0.2, 0.25) is 0 Å². The molecule has 2 aliphatic rings. The minimum atomic E-state index is 0.557. The zero-order chi connectivity index (χ0) is 14.7. The highest BCUT2D eigenvalue weighted by Gasteiger charge is 2.31. The van der Waals surface area contributed by atoms with Crippen LogP contribution in [-0.4, -0.2) is 35.1 Å². The van der Waals surface area contributed by atoms with Gasteiger partial charge in [-0.2, -0.15) is 0 Å². The molecule has 1 N–H and O–H groups in total. The molecule has 2 unspecified atom stereocenters. The van der Waals surface area contributed by atoms with Crippen molar-refractivity contribution in [1.82, 2.24) is 15.2 Å². The lowest BCUT2D eigenvalue weighted by atomic mass is 9.82. The van der Waals surface area contributed by atoms with E-state index in [1.54, 1.807) is 0 Å². The predicted molar refractivity (Wildman–Crippen MR) is 84.1 cm³/mol. The highest BCUT2D eigenvalue weighted by molar-refractivity contribution is 4.96. The van der Waals surface area contributed by atoms with Crippen LogP contribution in [0.3, 0.4) is 0 Å². The fourth-order valence-corrected chi connectivity index (χ4v) is 3.78. The summed E-state index contributed by atoms with van der Waals surface area (Å²) in [5, 5.41) is 3.78. The van der Waals surface area contributed by atoms with Gasteiger partial charge in [-0.3, -0.25) is 4.90 Å². The van der Waals surface area contributed by atoms with Gasteiger partial charge >= 0.3 is 0 Å². The summed E-state index contributed by atoms with van der Waals surface area (Å²) in [6.45, 7) is 7.48. The second-order valence-electron chi connectivity index (χ2n) is 6.77. The van der Waals surface area contributed by atoms with Gasteiger partial charge in [0.15, 0.2) is 0 Å². The summed E-state index contributed by atoms with van der Waals surface area (Å²) in [5.74, 6) is 2.74. The summed E-state index contributed by atoms with van der Waals surface area (Å²) in [6.07, 6.45) is 9.86. The smallest absolute Gasteiger partial charge is 0.208 e. The Morgan fingerprint density at radius 3 is 2.86 bits per heavy atom. The van der Waals surface area contributed by atoms with E-state index >= 15 is 0 Å². The Morgan fingerprint density at radius 2 is 2.14 bits per heavy atom. The zero-order valence-corrected chi connectivity index (χ0v) is 13.5. The second-order valence-corrected chi connectivity index (χ2v) is 6.77. The van der Waals surface area contributed by atoms with Crippen molar-refractivity contribution in [2.45, 2.75) is 71.0 Å². The molecule has 1 aliphatic carbocycles. The molecule has 4 heteroatoms. The summed E-state index contributed by atoms with van der Waals surface area (Å²) >= 11 is 0. The van der Waals surface area contributed by atoms with Gasteiger partial charge in [-0.05, 0) is 25.7 Å². The highest BCUT2D eigenvalue weighted by Crippen LogP contribution is 2.28. The molecule has 0 amide bonds. The Hall–Kier alpha value is -0.870. The van der Waals surface area contributed by atoms with Crippen LogP contribution in [0.25, 0.3) is 0 Å². The van der Waals surface area contributed by atoms with Gasteiger partial charge in [-0.1, -0.05) is 26.2 Å². The summed E-state index contributed by atoms with van der Waals surface area (Å²) in [5.41, 5.74) is 0.